The first kappa shape index (κ1) is 13.6. The summed E-state index contributed by atoms with van der Waals surface area (Å²) >= 11 is 0. The van der Waals surface area contributed by atoms with Crippen LogP contribution in [0.15, 0.2) is 12.2 Å². The Hall–Kier alpha value is -0.870. The lowest BCUT2D eigenvalue weighted by Gasteiger charge is -2.30. The van der Waals surface area contributed by atoms with Gasteiger partial charge in [0.2, 0.25) is 6.41 Å². The summed E-state index contributed by atoms with van der Waals surface area (Å²) in [5.74, 6) is 1.29. The average molecular weight is 253 g/mol. The third-order valence-corrected chi connectivity index (χ3v) is 4.19. The van der Waals surface area contributed by atoms with E-state index >= 15 is 0 Å². The van der Waals surface area contributed by atoms with Gasteiger partial charge in [-0.1, -0.05) is 12.2 Å². The predicted octanol–water partition coefficient (Wildman–Crippen LogP) is 1.81. The summed E-state index contributed by atoms with van der Waals surface area (Å²) in [6, 6.07) is 0.418. The Bertz CT molecular complexity index is 301. The third kappa shape index (κ3) is 2.93. The molecule has 0 spiro atoms. The van der Waals surface area contributed by atoms with Crippen LogP contribution in [0, 0.1) is 11.8 Å². The first-order chi connectivity index (χ1) is 8.78. The van der Waals surface area contributed by atoms with Gasteiger partial charge < -0.3 is 14.4 Å². The van der Waals surface area contributed by atoms with Crippen molar-refractivity contribution >= 4 is 6.41 Å². The van der Waals surface area contributed by atoms with Crippen molar-refractivity contribution in [2.45, 2.75) is 38.0 Å². The number of ether oxygens (including phenoxy) is 2. The molecule has 1 fully saturated rings. The molecule has 0 aromatic carbocycles. The Balaban J connectivity index is 1.76. The van der Waals surface area contributed by atoms with Crippen molar-refractivity contribution in [2.75, 3.05) is 20.8 Å². The minimum Gasteiger partial charge on any atom is -0.356 e. The molecule has 2 aliphatic rings. The molecule has 1 saturated carbocycles. The molecule has 2 aliphatic carbocycles. The largest absolute Gasteiger partial charge is 0.356 e. The molecule has 0 aromatic heterocycles. The van der Waals surface area contributed by atoms with E-state index in [4.69, 9.17) is 9.47 Å². The van der Waals surface area contributed by atoms with Crippen LogP contribution in [0.3, 0.4) is 0 Å². The van der Waals surface area contributed by atoms with E-state index in [2.05, 4.69) is 12.2 Å². The molecule has 3 unspecified atom stereocenters. The first-order valence-electron chi connectivity index (χ1n) is 6.73. The van der Waals surface area contributed by atoms with Gasteiger partial charge in [-0.25, -0.2) is 0 Å². The number of nitrogens with zero attached hydrogens (tertiary/aromatic N) is 1. The zero-order chi connectivity index (χ0) is 13.0. The van der Waals surface area contributed by atoms with Crippen molar-refractivity contribution in [3.63, 3.8) is 0 Å². The number of rotatable bonds is 8. The van der Waals surface area contributed by atoms with Crippen LogP contribution in [0.5, 0.6) is 0 Å². The van der Waals surface area contributed by atoms with Crippen molar-refractivity contribution < 1.29 is 14.3 Å². The number of amides is 1. The highest BCUT2D eigenvalue weighted by atomic mass is 16.7. The molecule has 2 bridgehead atoms. The first-order valence-corrected chi connectivity index (χ1v) is 6.73. The topological polar surface area (TPSA) is 38.8 Å². The van der Waals surface area contributed by atoms with Crippen molar-refractivity contribution in [3.8, 4) is 0 Å². The molecular weight excluding hydrogens is 230 g/mol. The van der Waals surface area contributed by atoms with Crippen molar-refractivity contribution in [1.29, 1.82) is 0 Å². The molecule has 18 heavy (non-hydrogen) atoms. The second kappa shape index (κ2) is 6.34. The van der Waals surface area contributed by atoms with Gasteiger partial charge in [-0.2, -0.15) is 0 Å². The van der Waals surface area contributed by atoms with Crippen molar-refractivity contribution in [1.82, 2.24) is 4.90 Å². The van der Waals surface area contributed by atoms with Gasteiger partial charge in [0.25, 0.3) is 0 Å². The summed E-state index contributed by atoms with van der Waals surface area (Å²) in [5, 5.41) is 0. The van der Waals surface area contributed by atoms with E-state index in [-0.39, 0.29) is 6.29 Å². The summed E-state index contributed by atoms with van der Waals surface area (Å²) in [7, 11) is 3.29. The van der Waals surface area contributed by atoms with Crippen LogP contribution >= 0.6 is 0 Å². The molecule has 1 amide bonds. The number of hydrogen-bond donors (Lipinski definition) is 0. The molecule has 0 heterocycles. The van der Waals surface area contributed by atoms with Gasteiger partial charge in [-0.15, -0.1) is 0 Å². The Labute approximate surface area is 109 Å². The van der Waals surface area contributed by atoms with E-state index in [1.165, 1.54) is 6.42 Å². The van der Waals surface area contributed by atoms with Crippen LogP contribution in [-0.2, 0) is 14.3 Å². The van der Waals surface area contributed by atoms with Gasteiger partial charge in [-0.05, 0) is 31.1 Å². The van der Waals surface area contributed by atoms with E-state index in [1.54, 1.807) is 14.2 Å². The summed E-state index contributed by atoms with van der Waals surface area (Å²) in [4.78, 5) is 13.2. The highest BCUT2D eigenvalue weighted by molar-refractivity contribution is 5.48. The van der Waals surface area contributed by atoms with Gasteiger partial charge in [0.05, 0.1) is 0 Å². The average Bonchev–Trinajstić information content (AvgIpc) is 3.01. The minimum atomic E-state index is -0.154. The molecular formula is C14H23NO3. The second-order valence-corrected chi connectivity index (χ2v) is 5.23. The fourth-order valence-corrected chi connectivity index (χ4v) is 3.20. The maximum Gasteiger partial charge on any atom is 0.209 e. The van der Waals surface area contributed by atoms with E-state index in [1.807, 2.05) is 4.90 Å². The van der Waals surface area contributed by atoms with Crippen molar-refractivity contribution in [3.05, 3.63) is 12.2 Å². The molecule has 0 aliphatic heterocycles. The lowest BCUT2D eigenvalue weighted by molar-refractivity contribution is -0.122. The highest BCUT2D eigenvalue weighted by Gasteiger charge is 2.38. The number of methoxy groups -OCH3 is 2. The van der Waals surface area contributed by atoms with Gasteiger partial charge >= 0.3 is 0 Å². The molecule has 0 saturated heterocycles. The van der Waals surface area contributed by atoms with Crippen LogP contribution in [-0.4, -0.2) is 44.4 Å². The second-order valence-electron chi connectivity index (χ2n) is 5.23. The Morgan fingerprint density at radius 2 is 2.11 bits per heavy atom. The van der Waals surface area contributed by atoms with Crippen molar-refractivity contribution in [2.24, 2.45) is 11.8 Å². The summed E-state index contributed by atoms with van der Waals surface area (Å²) < 4.78 is 10.3. The minimum absolute atomic E-state index is 0.154. The zero-order valence-electron chi connectivity index (χ0n) is 11.2. The number of carbonyl (C=O) groups is 1. The van der Waals surface area contributed by atoms with Crippen LogP contribution in [0.1, 0.15) is 25.7 Å². The van der Waals surface area contributed by atoms with Crippen LogP contribution in [0.4, 0.5) is 0 Å². The van der Waals surface area contributed by atoms with E-state index in [0.29, 0.717) is 17.9 Å². The third-order valence-electron chi connectivity index (χ3n) is 4.19. The Kier molecular flexibility index (Phi) is 4.78. The molecule has 0 N–H and O–H groups in total. The SMILES string of the molecule is COC(CCCN(C=O)C1CC2C=CC1C2)OC. The predicted molar refractivity (Wildman–Crippen MR) is 69.0 cm³/mol. The smallest absolute Gasteiger partial charge is 0.209 e. The quantitative estimate of drug-likeness (QED) is 0.376. The molecule has 0 radical (unpaired) electrons. The standard InChI is InChI=1S/C14H23NO3/c1-17-14(18-2)4-3-7-15(10-16)13-9-11-5-6-12(13)8-11/h5-6,10-14H,3-4,7-9H2,1-2H3. The summed E-state index contributed by atoms with van der Waals surface area (Å²) in [6.07, 6.45) is 9.55. The van der Waals surface area contributed by atoms with Crippen LogP contribution in [0.2, 0.25) is 0 Å². The monoisotopic (exact) mass is 253 g/mol. The molecule has 102 valence electrons. The molecule has 3 atom stereocenters. The fourth-order valence-electron chi connectivity index (χ4n) is 3.20. The number of fused-ring (bicyclic) bond motifs is 2. The lowest BCUT2D eigenvalue weighted by Crippen LogP contribution is -2.38. The van der Waals surface area contributed by atoms with E-state index < -0.39 is 0 Å². The number of hydrogen-bond acceptors (Lipinski definition) is 3. The van der Waals surface area contributed by atoms with E-state index in [9.17, 15) is 4.79 Å². The number of carbonyl (C=O) groups excluding carboxylic acids is 1. The molecule has 4 heteroatoms. The Morgan fingerprint density at radius 1 is 1.33 bits per heavy atom. The highest BCUT2D eigenvalue weighted by Crippen LogP contribution is 2.41. The molecule has 0 aromatic rings. The number of allylic oxidation sites excluding steroid dienone is 1. The van der Waals surface area contributed by atoms with Crippen LogP contribution in [0.25, 0.3) is 0 Å². The molecule has 2 rings (SSSR count). The van der Waals surface area contributed by atoms with Gasteiger partial charge in [-0.3, -0.25) is 4.79 Å². The fraction of sp³-hybridized carbons (Fsp3) is 0.786. The lowest BCUT2D eigenvalue weighted by atomic mass is 10.00. The normalized spacial score (nSPS) is 29.2. The van der Waals surface area contributed by atoms with Crippen LogP contribution < -0.4 is 0 Å². The van der Waals surface area contributed by atoms with Gasteiger partial charge in [0.15, 0.2) is 6.29 Å². The Morgan fingerprint density at radius 3 is 2.61 bits per heavy atom. The van der Waals surface area contributed by atoms with Gasteiger partial charge in [0, 0.05) is 33.2 Å². The maximum absolute atomic E-state index is 11.2. The molecule has 4 nitrogen and oxygen atoms in total. The van der Waals surface area contributed by atoms with Gasteiger partial charge in [0.1, 0.15) is 0 Å². The van der Waals surface area contributed by atoms with E-state index in [0.717, 1.165) is 32.2 Å². The zero-order valence-corrected chi connectivity index (χ0v) is 11.2. The summed E-state index contributed by atoms with van der Waals surface area (Å²) in [6.45, 7) is 0.800. The summed E-state index contributed by atoms with van der Waals surface area (Å²) in [5.41, 5.74) is 0. The maximum atomic E-state index is 11.2.